The predicted molar refractivity (Wildman–Crippen MR) is 97.1 cm³/mol. The van der Waals surface area contributed by atoms with E-state index in [1.165, 1.54) is 17.3 Å². The van der Waals surface area contributed by atoms with Crippen molar-refractivity contribution in [1.82, 2.24) is 9.55 Å². The second-order valence-corrected chi connectivity index (χ2v) is 13.3. The van der Waals surface area contributed by atoms with Gasteiger partial charge in [0.2, 0.25) is 0 Å². The van der Waals surface area contributed by atoms with Crippen molar-refractivity contribution >= 4 is 19.8 Å². The number of ether oxygens (including phenoxy) is 1. The van der Waals surface area contributed by atoms with Gasteiger partial charge in [-0.3, -0.25) is 0 Å². The standard InChI is InChI=1S/C17H26N2OSSi/c1-15-17(21-12-16-8-6-5-7-9-16)18-13-19(15)14-20-10-11-22(2,3)4/h5-9,13H,10-12,14H2,1-4H3. The first kappa shape index (κ1) is 17.3. The van der Waals surface area contributed by atoms with Crippen LogP contribution in [0.4, 0.5) is 0 Å². The molecule has 0 N–H and O–H groups in total. The molecule has 2 rings (SSSR count). The van der Waals surface area contributed by atoms with Crippen LogP contribution in [-0.4, -0.2) is 24.2 Å². The molecule has 1 heterocycles. The molecule has 0 fully saturated rings. The topological polar surface area (TPSA) is 27.1 Å². The molecule has 120 valence electrons. The maximum atomic E-state index is 5.80. The van der Waals surface area contributed by atoms with E-state index in [2.05, 4.69) is 60.4 Å². The molecule has 1 aromatic heterocycles. The number of thioether (sulfide) groups is 1. The van der Waals surface area contributed by atoms with Crippen molar-refractivity contribution in [2.24, 2.45) is 0 Å². The first-order chi connectivity index (χ1) is 10.5. The molecule has 0 aliphatic carbocycles. The number of hydrogen-bond donors (Lipinski definition) is 0. The minimum atomic E-state index is -1.01. The summed E-state index contributed by atoms with van der Waals surface area (Å²) in [5, 5.41) is 1.10. The molecule has 0 atom stereocenters. The molecule has 0 unspecified atom stereocenters. The van der Waals surface area contributed by atoms with Gasteiger partial charge in [0.1, 0.15) is 11.8 Å². The Morgan fingerprint density at radius 1 is 1.18 bits per heavy atom. The van der Waals surface area contributed by atoms with Crippen LogP contribution in [0.1, 0.15) is 11.3 Å². The monoisotopic (exact) mass is 334 g/mol. The lowest BCUT2D eigenvalue weighted by Crippen LogP contribution is -2.22. The fourth-order valence-corrected chi connectivity index (χ4v) is 3.66. The highest BCUT2D eigenvalue weighted by atomic mass is 32.2. The Hall–Kier alpha value is -1.04. The van der Waals surface area contributed by atoms with Gasteiger partial charge >= 0.3 is 0 Å². The highest BCUT2D eigenvalue weighted by Crippen LogP contribution is 2.24. The first-order valence-electron chi connectivity index (χ1n) is 7.72. The molecular weight excluding hydrogens is 308 g/mol. The van der Waals surface area contributed by atoms with Gasteiger partial charge in [-0.15, -0.1) is 0 Å². The summed E-state index contributed by atoms with van der Waals surface area (Å²) >= 11 is 1.78. The van der Waals surface area contributed by atoms with Crippen molar-refractivity contribution in [3.63, 3.8) is 0 Å². The number of hydrogen-bond acceptors (Lipinski definition) is 3. The minimum absolute atomic E-state index is 0.606. The number of imidazole rings is 1. The summed E-state index contributed by atoms with van der Waals surface area (Å²) in [5.74, 6) is 0.954. The Bertz CT molecular complexity index is 578. The lowest BCUT2D eigenvalue weighted by molar-refractivity contribution is 0.0857. The summed E-state index contributed by atoms with van der Waals surface area (Å²) in [4.78, 5) is 4.51. The molecule has 3 nitrogen and oxygen atoms in total. The summed E-state index contributed by atoms with van der Waals surface area (Å²) in [5.41, 5.74) is 2.52. The third-order valence-electron chi connectivity index (χ3n) is 3.50. The lowest BCUT2D eigenvalue weighted by Gasteiger charge is -2.15. The molecule has 0 aliphatic rings. The zero-order chi connectivity index (χ0) is 16.0. The van der Waals surface area contributed by atoms with Crippen molar-refractivity contribution in [3.05, 3.63) is 47.9 Å². The van der Waals surface area contributed by atoms with E-state index in [4.69, 9.17) is 4.74 Å². The van der Waals surface area contributed by atoms with Crippen molar-refractivity contribution in [3.8, 4) is 0 Å². The van der Waals surface area contributed by atoms with E-state index in [-0.39, 0.29) is 0 Å². The average Bonchev–Trinajstić information content (AvgIpc) is 2.82. The summed E-state index contributed by atoms with van der Waals surface area (Å²) < 4.78 is 7.90. The van der Waals surface area contributed by atoms with Gasteiger partial charge in [-0.25, -0.2) is 4.98 Å². The van der Waals surface area contributed by atoms with E-state index in [1.54, 1.807) is 11.8 Å². The average molecular weight is 335 g/mol. The van der Waals surface area contributed by atoms with Gasteiger partial charge in [-0.1, -0.05) is 61.7 Å². The van der Waals surface area contributed by atoms with E-state index in [1.807, 2.05) is 12.4 Å². The zero-order valence-corrected chi connectivity index (χ0v) is 15.8. The predicted octanol–water partition coefficient (Wildman–Crippen LogP) is 4.80. The third kappa shape index (κ3) is 5.63. The summed E-state index contributed by atoms with van der Waals surface area (Å²) in [6.45, 7) is 10.7. The van der Waals surface area contributed by atoms with Crippen LogP contribution in [0.5, 0.6) is 0 Å². The summed E-state index contributed by atoms with van der Waals surface area (Å²) in [6.07, 6.45) is 1.89. The van der Waals surface area contributed by atoms with Gasteiger partial charge in [-0.05, 0) is 18.5 Å². The Morgan fingerprint density at radius 2 is 1.91 bits per heavy atom. The SMILES string of the molecule is Cc1c(SCc2ccccc2)ncn1COCC[Si](C)(C)C. The fourth-order valence-electron chi connectivity index (χ4n) is 1.96. The lowest BCUT2D eigenvalue weighted by atomic mass is 10.2. The van der Waals surface area contributed by atoms with E-state index < -0.39 is 8.07 Å². The van der Waals surface area contributed by atoms with Crippen molar-refractivity contribution < 1.29 is 4.74 Å². The van der Waals surface area contributed by atoms with Gasteiger partial charge in [0, 0.05) is 20.4 Å². The van der Waals surface area contributed by atoms with Crippen LogP contribution in [0.3, 0.4) is 0 Å². The van der Waals surface area contributed by atoms with E-state index in [9.17, 15) is 0 Å². The van der Waals surface area contributed by atoms with Crippen LogP contribution in [0.15, 0.2) is 41.7 Å². The zero-order valence-electron chi connectivity index (χ0n) is 14.0. The molecule has 1 aromatic carbocycles. The number of benzene rings is 1. The smallest absolute Gasteiger partial charge is 0.124 e. The molecule has 0 saturated carbocycles. The Balaban J connectivity index is 1.81. The van der Waals surface area contributed by atoms with Gasteiger partial charge in [0.15, 0.2) is 0 Å². The normalized spacial score (nSPS) is 11.8. The molecule has 0 spiro atoms. The third-order valence-corrected chi connectivity index (χ3v) is 6.36. The van der Waals surface area contributed by atoms with E-state index in [0.717, 1.165) is 17.4 Å². The van der Waals surface area contributed by atoms with Gasteiger partial charge in [0.25, 0.3) is 0 Å². The van der Waals surface area contributed by atoms with Crippen LogP contribution >= 0.6 is 11.8 Å². The first-order valence-corrected chi connectivity index (χ1v) is 12.4. The van der Waals surface area contributed by atoms with Crippen LogP contribution in [-0.2, 0) is 17.2 Å². The largest absolute Gasteiger partial charge is 0.361 e. The Kier molecular flexibility index (Phi) is 6.29. The summed E-state index contributed by atoms with van der Waals surface area (Å²) in [6, 6.07) is 11.7. The van der Waals surface area contributed by atoms with E-state index in [0.29, 0.717) is 6.73 Å². The molecule has 0 amide bonds. The highest BCUT2D eigenvalue weighted by molar-refractivity contribution is 7.98. The van der Waals surface area contributed by atoms with E-state index >= 15 is 0 Å². The molecular formula is C17H26N2OSSi. The highest BCUT2D eigenvalue weighted by Gasteiger charge is 2.12. The Labute approximate surface area is 139 Å². The maximum absolute atomic E-state index is 5.80. The second-order valence-electron chi connectivity index (χ2n) is 6.73. The second kappa shape index (κ2) is 7.99. The molecule has 0 bridgehead atoms. The molecule has 2 aromatic rings. The molecule has 0 saturated heterocycles. The summed E-state index contributed by atoms with van der Waals surface area (Å²) in [7, 11) is -1.01. The van der Waals surface area contributed by atoms with Gasteiger partial charge in [0.05, 0.1) is 12.0 Å². The van der Waals surface area contributed by atoms with Gasteiger partial charge in [-0.2, -0.15) is 0 Å². The van der Waals surface area contributed by atoms with Crippen LogP contribution in [0.2, 0.25) is 25.7 Å². The number of rotatable bonds is 8. The van der Waals surface area contributed by atoms with Crippen LogP contribution < -0.4 is 0 Å². The molecule has 0 aliphatic heterocycles. The van der Waals surface area contributed by atoms with Crippen molar-refractivity contribution in [2.45, 2.75) is 50.1 Å². The molecule has 22 heavy (non-hydrogen) atoms. The maximum Gasteiger partial charge on any atom is 0.124 e. The minimum Gasteiger partial charge on any atom is -0.361 e. The van der Waals surface area contributed by atoms with Crippen LogP contribution in [0, 0.1) is 6.92 Å². The van der Waals surface area contributed by atoms with Gasteiger partial charge < -0.3 is 9.30 Å². The quantitative estimate of drug-likeness (QED) is 0.394. The number of aromatic nitrogens is 2. The van der Waals surface area contributed by atoms with Crippen LogP contribution in [0.25, 0.3) is 0 Å². The Morgan fingerprint density at radius 3 is 2.59 bits per heavy atom. The molecule has 0 radical (unpaired) electrons. The van der Waals surface area contributed by atoms with Crippen molar-refractivity contribution in [2.75, 3.05) is 6.61 Å². The van der Waals surface area contributed by atoms with Crippen molar-refractivity contribution in [1.29, 1.82) is 0 Å². The fraction of sp³-hybridized carbons (Fsp3) is 0.471. The molecule has 5 heteroatoms. The number of nitrogens with zero attached hydrogens (tertiary/aromatic N) is 2.